The van der Waals surface area contributed by atoms with Crippen LogP contribution in [0.3, 0.4) is 0 Å². The van der Waals surface area contributed by atoms with Crippen LogP contribution in [-0.2, 0) is 4.79 Å². The number of fused-ring (bicyclic) bond motifs is 1. The minimum absolute atomic E-state index is 0.0253. The van der Waals surface area contributed by atoms with Gasteiger partial charge in [-0.2, -0.15) is 4.98 Å². The van der Waals surface area contributed by atoms with Crippen LogP contribution in [0.2, 0.25) is 0 Å². The number of rotatable bonds is 3. The van der Waals surface area contributed by atoms with Gasteiger partial charge in [-0.05, 0) is 48.9 Å². The maximum atomic E-state index is 13.2. The molecule has 4 rings (SSSR count). The van der Waals surface area contributed by atoms with Crippen molar-refractivity contribution < 1.29 is 13.9 Å². The van der Waals surface area contributed by atoms with Crippen LogP contribution < -0.4 is 10.3 Å². The number of amides is 1. The number of benzene rings is 1. The summed E-state index contributed by atoms with van der Waals surface area (Å²) in [5, 5.41) is 0. The van der Waals surface area contributed by atoms with Crippen molar-refractivity contribution in [2.24, 2.45) is 0 Å². The topological polar surface area (TPSA) is 63.9 Å². The van der Waals surface area contributed by atoms with Crippen molar-refractivity contribution in [1.82, 2.24) is 14.3 Å². The lowest BCUT2D eigenvalue weighted by Gasteiger charge is -2.11. The molecule has 9 heteroatoms. The van der Waals surface area contributed by atoms with Gasteiger partial charge in [0.1, 0.15) is 27.1 Å². The van der Waals surface area contributed by atoms with Gasteiger partial charge < -0.3 is 4.74 Å². The Morgan fingerprint density at radius 3 is 2.59 bits per heavy atom. The number of aromatic nitrogens is 2. The van der Waals surface area contributed by atoms with Gasteiger partial charge in [-0.1, -0.05) is 30.0 Å². The summed E-state index contributed by atoms with van der Waals surface area (Å²) in [6.07, 6.45) is 3.04. The van der Waals surface area contributed by atoms with Gasteiger partial charge in [0.15, 0.2) is 0 Å². The molecule has 1 aliphatic heterocycles. The number of likely N-dealkylation sites (N-methyl/N-ethyl adjacent to an activating group) is 1. The van der Waals surface area contributed by atoms with E-state index in [9.17, 15) is 14.0 Å². The number of halogens is 1. The average molecular weight is 427 g/mol. The molecule has 0 radical (unpaired) electrons. The van der Waals surface area contributed by atoms with Crippen LogP contribution >= 0.6 is 24.0 Å². The van der Waals surface area contributed by atoms with E-state index in [4.69, 9.17) is 17.0 Å². The molecule has 1 fully saturated rings. The summed E-state index contributed by atoms with van der Waals surface area (Å²) in [6.45, 7) is 1.82. The van der Waals surface area contributed by atoms with Gasteiger partial charge in [0, 0.05) is 13.2 Å². The minimum atomic E-state index is -0.411. The molecular weight excluding hydrogens is 413 g/mol. The molecule has 0 spiro atoms. The van der Waals surface area contributed by atoms with Crippen molar-refractivity contribution in [3.8, 4) is 11.6 Å². The van der Waals surface area contributed by atoms with Gasteiger partial charge >= 0.3 is 0 Å². The number of hydrogen-bond acceptors (Lipinski definition) is 6. The number of aryl methyl sites for hydroxylation is 1. The predicted octanol–water partition coefficient (Wildman–Crippen LogP) is 3.77. The van der Waals surface area contributed by atoms with Crippen LogP contribution in [0.5, 0.6) is 11.6 Å². The van der Waals surface area contributed by atoms with E-state index < -0.39 is 11.4 Å². The fourth-order valence-corrected chi connectivity index (χ4v) is 3.95. The highest BCUT2D eigenvalue weighted by atomic mass is 32.2. The molecule has 0 unspecified atom stereocenters. The molecule has 0 atom stereocenters. The Balaban J connectivity index is 1.92. The van der Waals surface area contributed by atoms with Crippen LogP contribution in [0.25, 0.3) is 11.7 Å². The van der Waals surface area contributed by atoms with Crippen LogP contribution in [0.15, 0.2) is 52.3 Å². The third kappa shape index (κ3) is 3.54. The Kier molecular flexibility index (Phi) is 4.93. The van der Waals surface area contributed by atoms with Crippen molar-refractivity contribution in [3.05, 3.63) is 74.8 Å². The van der Waals surface area contributed by atoms with Crippen molar-refractivity contribution >= 4 is 45.9 Å². The smallest absolute Gasteiger partial charge is 0.269 e. The molecule has 2 aromatic heterocycles. The quantitative estimate of drug-likeness (QED) is 0.468. The van der Waals surface area contributed by atoms with E-state index in [-0.39, 0.29) is 17.4 Å². The number of carbonyl (C=O) groups excluding carboxylic acids is 1. The molecule has 29 heavy (non-hydrogen) atoms. The van der Waals surface area contributed by atoms with Crippen molar-refractivity contribution in [1.29, 1.82) is 0 Å². The lowest BCUT2D eigenvalue weighted by molar-refractivity contribution is -0.121. The molecular formula is C20H14FN3O3S2. The second-order valence-electron chi connectivity index (χ2n) is 6.32. The SMILES string of the molecule is Cc1cccn2c(=O)c(/C=C3\SC(=S)N(C)C3=O)c(Oc3ccc(F)cc3)nc12. The first-order valence-electron chi connectivity index (χ1n) is 8.52. The van der Waals surface area contributed by atoms with Crippen LogP contribution in [-0.4, -0.2) is 31.6 Å². The fourth-order valence-electron chi connectivity index (χ4n) is 2.78. The largest absolute Gasteiger partial charge is 0.438 e. The summed E-state index contributed by atoms with van der Waals surface area (Å²) in [6, 6.07) is 8.93. The molecule has 1 aromatic carbocycles. The molecule has 0 bridgehead atoms. The molecule has 3 aromatic rings. The Labute approximate surface area is 174 Å². The molecule has 1 saturated heterocycles. The van der Waals surface area contributed by atoms with Gasteiger partial charge in [-0.25, -0.2) is 4.39 Å². The maximum absolute atomic E-state index is 13.2. The summed E-state index contributed by atoms with van der Waals surface area (Å²) in [5.41, 5.74) is 0.915. The molecule has 146 valence electrons. The third-order valence-corrected chi connectivity index (χ3v) is 5.82. The van der Waals surface area contributed by atoms with Crippen LogP contribution in [0, 0.1) is 12.7 Å². The maximum Gasteiger partial charge on any atom is 0.269 e. The first-order valence-corrected chi connectivity index (χ1v) is 9.74. The highest BCUT2D eigenvalue weighted by molar-refractivity contribution is 8.26. The number of hydrogen-bond donors (Lipinski definition) is 0. The van der Waals surface area contributed by atoms with Crippen molar-refractivity contribution in [2.75, 3.05) is 7.05 Å². The van der Waals surface area contributed by atoms with Gasteiger partial charge in [0.2, 0.25) is 5.88 Å². The number of ether oxygens (including phenoxy) is 1. The van der Waals surface area contributed by atoms with E-state index in [1.54, 1.807) is 19.3 Å². The molecule has 1 aliphatic rings. The fraction of sp³-hybridized carbons (Fsp3) is 0.100. The van der Waals surface area contributed by atoms with Gasteiger partial charge in [-0.15, -0.1) is 0 Å². The molecule has 3 heterocycles. The number of nitrogens with zero attached hydrogens (tertiary/aromatic N) is 3. The van der Waals surface area contributed by atoms with Gasteiger partial charge in [-0.3, -0.25) is 18.9 Å². The molecule has 0 saturated carbocycles. The standard InChI is InChI=1S/C20H14FN3O3S2/c1-11-4-3-9-24-16(11)22-17(27-13-7-5-12(21)6-8-13)14(18(24)25)10-15-19(26)23(2)20(28)29-15/h3-10H,1-2H3/b15-10-. The zero-order chi connectivity index (χ0) is 20.7. The summed E-state index contributed by atoms with van der Waals surface area (Å²) >= 11 is 6.25. The number of thiocarbonyl (C=S) groups is 1. The normalized spacial score (nSPS) is 15.6. The molecule has 1 amide bonds. The van der Waals surface area contributed by atoms with Crippen LogP contribution in [0.4, 0.5) is 4.39 Å². The second-order valence-corrected chi connectivity index (χ2v) is 7.99. The first-order chi connectivity index (χ1) is 13.8. The number of pyridine rings is 1. The molecule has 0 N–H and O–H groups in total. The second kappa shape index (κ2) is 7.41. The van der Waals surface area contributed by atoms with Crippen molar-refractivity contribution in [2.45, 2.75) is 6.92 Å². The Morgan fingerprint density at radius 1 is 1.21 bits per heavy atom. The zero-order valence-electron chi connectivity index (χ0n) is 15.4. The highest BCUT2D eigenvalue weighted by Gasteiger charge is 2.30. The first kappa shape index (κ1) is 19.3. The Morgan fingerprint density at radius 2 is 1.93 bits per heavy atom. The Hall–Kier alpha value is -3.04. The van der Waals surface area contributed by atoms with E-state index in [1.165, 1.54) is 39.6 Å². The number of carbonyl (C=O) groups is 1. The summed E-state index contributed by atoms with van der Waals surface area (Å²) in [7, 11) is 1.57. The average Bonchev–Trinajstić information content (AvgIpc) is 2.94. The monoisotopic (exact) mass is 427 g/mol. The summed E-state index contributed by atoms with van der Waals surface area (Å²) in [4.78, 5) is 31.7. The molecule has 0 aliphatic carbocycles. The number of thioether (sulfide) groups is 1. The van der Waals surface area contributed by atoms with Crippen LogP contribution in [0.1, 0.15) is 11.1 Å². The third-order valence-electron chi connectivity index (χ3n) is 4.34. The lowest BCUT2D eigenvalue weighted by Crippen LogP contribution is -2.23. The van der Waals surface area contributed by atoms with E-state index in [0.29, 0.717) is 20.6 Å². The lowest BCUT2D eigenvalue weighted by atomic mass is 10.2. The van der Waals surface area contributed by atoms with E-state index >= 15 is 0 Å². The molecule has 6 nitrogen and oxygen atoms in total. The van der Waals surface area contributed by atoms with E-state index in [0.717, 1.165) is 17.3 Å². The van der Waals surface area contributed by atoms with Gasteiger partial charge in [0.05, 0.1) is 4.91 Å². The highest BCUT2D eigenvalue weighted by Crippen LogP contribution is 2.33. The summed E-state index contributed by atoms with van der Waals surface area (Å²) in [5.74, 6) is -0.376. The zero-order valence-corrected chi connectivity index (χ0v) is 17.0. The summed E-state index contributed by atoms with van der Waals surface area (Å²) < 4.78 is 20.8. The Bertz CT molecular complexity index is 1250. The van der Waals surface area contributed by atoms with Crippen molar-refractivity contribution in [3.63, 3.8) is 0 Å². The van der Waals surface area contributed by atoms with Gasteiger partial charge in [0.25, 0.3) is 11.5 Å². The predicted molar refractivity (Wildman–Crippen MR) is 114 cm³/mol. The minimum Gasteiger partial charge on any atom is -0.438 e. The van der Waals surface area contributed by atoms with E-state index in [2.05, 4.69) is 4.98 Å². The van der Waals surface area contributed by atoms with E-state index in [1.807, 2.05) is 13.0 Å².